The summed E-state index contributed by atoms with van der Waals surface area (Å²) in [4.78, 5) is 12.3. The van der Waals surface area contributed by atoms with Gasteiger partial charge in [-0.25, -0.2) is 9.97 Å². The van der Waals surface area contributed by atoms with Crippen LogP contribution in [0.5, 0.6) is 0 Å². The Balaban J connectivity index is 2.13. The van der Waals surface area contributed by atoms with Gasteiger partial charge in [0.2, 0.25) is 0 Å². The molecule has 0 N–H and O–H groups in total. The summed E-state index contributed by atoms with van der Waals surface area (Å²) >= 11 is 4.88. The quantitative estimate of drug-likeness (QED) is 0.659. The predicted molar refractivity (Wildman–Crippen MR) is 86.8 cm³/mol. The van der Waals surface area contributed by atoms with E-state index in [4.69, 9.17) is 0 Å². The number of nitrogens with zero attached hydrogens (tertiary/aromatic N) is 5. The first-order valence-electron chi connectivity index (χ1n) is 6.50. The Morgan fingerprint density at radius 2 is 2.10 bits per heavy atom. The van der Waals surface area contributed by atoms with Gasteiger partial charge < -0.3 is 4.90 Å². The van der Waals surface area contributed by atoms with Gasteiger partial charge in [0.1, 0.15) is 17.3 Å². The van der Waals surface area contributed by atoms with Gasteiger partial charge in [0.15, 0.2) is 0 Å². The first-order valence-corrected chi connectivity index (χ1v) is 8.07. The fourth-order valence-electron chi connectivity index (χ4n) is 2.55. The van der Waals surface area contributed by atoms with Gasteiger partial charge in [-0.3, -0.25) is 0 Å². The van der Waals surface area contributed by atoms with Crippen LogP contribution in [-0.2, 0) is 0 Å². The Morgan fingerprint density at radius 3 is 2.95 bits per heavy atom. The molecule has 0 fully saturated rings. The van der Waals surface area contributed by atoms with Crippen molar-refractivity contribution in [2.75, 3.05) is 11.4 Å². The molecule has 3 aromatic rings. The second kappa shape index (κ2) is 4.85. The molecule has 0 aromatic carbocycles. The van der Waals surface area contributed by atoms with E-state index in [1.165, 1.54) is 11.5 Å². The van der Waals surface area contributed by atoms with Crippen LogP contribution in [0.3, 0.4) is 0 Å². The van der Waals surface area contributed by atoms with Crippen molar-refractivity contribution in [3.63, 3.8) is 0 Å². The largest absolute Gasteiger partial charge is 0.310 e. The number of pyridine rings is 2. The van der Waals surface area contributed by atoms with E-state index < -0.39 is 0 Å². The lowest BCUT2D eigenvalue weighted by molar-refractivity contribution is 0.965. The zero-order valence-electron chi connectivity index (χ0n) is 11.1. The SMILES string of the molecule is CCN1c2ncc(Br)cc2-c2nnsc2-c2cccnc21. The molecular formula is C14H10BrN5S. The molecule has 1 aliphatic heterocycles. The van der Waals surface area contributed by atoms with Crippen LogP contribution in [0.15, 0.2) is 35.1 Å². The van der Waals surface area contributed by atoms with Crippen LogP contribution < -0.4 is 4.90 Å². The van der Waals surface area contributed by atoms with Crippen LogP contribution in [0.2, 0.25) is 0 Å². The third-order valence-corrected chi connectivity index (χ3v) is 4.63. The fraction of sp³-hybridized carbons (Fsp3) is 0.143. The number of fused-ring (bicyclic) bond motifs is 5. The van der Waals surface area contributed by atoms with E-state index in [0.29, 0.717) is 0 Å². The third-order valence-electron chi connectivity index (χ3n) is 3.44. The number of hydrogen-bond acceptors (Lipinski definition) is 6. The molecule has 104 valence electrons. The highest BCUT2D eigenvalue weighted by Gasteiger charge is 2.28. The smallest absolute Gasteiger partial charge is 0.143 e. The molecule has 0 aliphatic carbocycles. The number of hydrogen-bond donors (Lipinski definition) is 0. The molecule has 0 spiro atoms. The fourth-order valence-corrected chi connectivity index (χ4v) is 3.58. The van der Waals surface area contributed by atoms with Gasteiger partial charge in [-0.2, -0.15) is 0 Å². The number of rotatable bonds is 1. The van der Waals surface area contributed by atoms with Crippen LogP contribution in [0.4, 0.5) is 11.6 Å². The average molecular weight is 360 g/mol. The van der Waals surface area contributed by atoms with E-state index in [1.54, 1.807) is 12.4 Å². The molecule has 0 radical (unpaired) electrons. The molecule has 0 unspecified atom stereocenters. The molecule has 0 amide bonds. The summed E-state index contributed by atoms with van der Waals surface area (Å²) in [6, 6.07) is 6.04. The van der Waals surface area contributed by atoms with Crippen LogP contribution in [-0.4, -0.2) is 26.1 Å². The topological polar surface area (TPSA) is 54.8 Å². The normalized spacial score (nSPS) is 12.4. The predicted octanol–water partition coefficient (Wildman–Crippen LogP) is 3.90. The Labute approximate surface area is 134 Å². The standard InChI is InChI=1S/C14H10BrN5S/c1-2-20-13-9(4-3-5-16-13)12-11(18-19-21-12)10-6-8(15)7-17-14(10)20/h3-7H,2H2,1H3. The summed E-state index contributed by atoms with van der Waals surface area (Å²) in [7, 11) is 0. The van der Waals surface area contributed by atoms with E-state index in [1.807, 2.05) is 12.1 Å². The summed E-state index contributed by atoms with van der Waals surface area (Å²) in [5, 5.41) is 4.32. The zero-order chi connectivity index (χ0) is 14.4. The number of aromatic nitrogens is 4. The Kier molecular flexibility index (Phi) is 2.97. The highest BCUT2D eigenvalue weighted by atomic mass is 79.9. The first kappa shape index (κ1) is 12.8. The maximum atomic E-state index is 4.58. The molecule has 5 nitrogen and oxygen atoms in total. The second-order valence-electron chi connectivity index (χ2n) is 4.59. The van der Waals surface area contributed by atoms with Crippen molar-refractivity contribution < 1.29 is 0 Å². The van der Waals surface area contributed by atoms with E-state index in [2.05, 4.69) is 53.4 Å². The van der Waals surface area contributed by atoms with Gasteiger partial charge in [-0.05, 0) is 52.6 Å². The molecule has 0 saturated heterocycles. The minimum atomic E-state index is 0.786. The van der Waals surface area contributed by atoms with Gasteiger partial charge in [0.05, 0.1) is 4.88 Å². The van der Waals surface area contributed by atoms with E-state index in [9.17, 15) is 0 Å². The lowest BCUT2D eigenvalue weighted by atomic mass is 10.1. The second-order valence-corrected chi connectivity index (χ2v) is 6.26. The van der Waals surface area contributed by atoms with Crippen molar-refractivity contribution in [1.82, 2.24) is 19.6 Å². The first-order chi connectivity index (χ1) is 10.3. The van der Waals surface area contributed by atoms with E-state index >= 15 is 0 Å². The van der Waals surface area contributed by atoms with Crippen molar-refractivity contribution >= 4 is 39.1 Å². The monoisotopic (exact) mass is 359 g/mol. The molecular weight excluding hydrogens is 350 g/mol. The highest BCUT2D eigenvalue weighted by molar-refractivity contribution is 9.10. The molecule has 0 bridgehead atoms. The van der Waals surface area contributed by atoms with Crippen molar-refractivity contribution in [2.24, 2.45) is 0 Å². The summed E-state index contributed by atoms with van der Waals surface area (Å²) in [5.74, 6) is 1.77. The summed E-state index contributed by atoms with van der Waals surface area (Å²) in [6.45, 7) is 2.88. The van der Waals surface area contributed by atoms with Crippen LogP contribution in [0.1, 0.15) is 6.92 Å². The van der Waals surface area contributed by atoms with Crippen molar-refractivity contribution in [3.8, 4) is 21.7 Å². The Hall–Kier alpha value is -1.86. The van der Waals surface area contributed by atoms with Gasteiger partial charge >= 0.3 is 0 Å². The molecule has 1 aliphatic rings. The average Bonchev–Trinajstić information content (AvgIpc) is 2.95. The van der Waals surface area contributed by atoms with Gasteiger partial charge in [0, 0.05) is 34.5 Å². The highest BCUT2D eigenvalue weighted by Crippen LogP contribution is 2.46. The summed E-state index contributed by atoms with van der Waals surface area (Å²) < 4.78 is 5.05. The molecule has 21 heavy (non-hydrogen) atoms. The van der Waals surface area contributed by atoms with E-state index in [-0.39, 0.29) is 0 Å². The minimum Gasteiger partial charge on any atom is -0.310 e. The maximum Gasteiger partial charge on any atom is 0.143 e. The minimum absolute atomic E-state index is 0.786. The van der Waals surface area contributed by atoms with Gasteiger partial charge in [0.25, 0.3) is 0 Å². The summed E-state index contributed by atoms with van der Waals surface area (Å²) in [5.41, 5.74) is 2.90. The molecule has 4 heterocycles. The number of anilines is 2. The molecule has 4 rings (SSSR count). The maximum absolute atomic E-state index is 4.58. The molecule has 0 saturated carbocycles. The van der Waals surface area contributed by atoms with Gasteiger partial charge in [-0.15, -0.1) is 5.10 Å². The van der Waals surface area contributed by atoms with Crippen LogP contribution in [0, 0.1) is 0 Å². The van der Waals surface area contributed by atoms with E-state index in [0.717, 1.165) is 44.4 Å². The zero-order valence-corrected chi connectivity index (χ0v) is 13.5. The molecule has 0 atom stereocenters. The van der Waals surface area contributed by atoms with Crippen molar-refractivity contribution in [2.45, 2.75) is 6.92 Å². The van der Waals surface area contributed by atoms with Crippen molar-refractivity contribution in [1.29, 1.82) is 0 Å². The number of halogens is 1. The molecule has 7 heteroatoms. The summed E-state index contributed by atoms with van der Waals surface area (Å²) in [6.07, 6.45) is 3.61. The third kappa shape index (κ3) is 1.88. The lowest BCUT2D eigenvalue weighted by Crippen LogP contribution is -2.19. The van der Waals surface area contributed by atoms with Crippen LogP contribution >= 0.6 is 27.5 Å². The van der Waals surface area contributed by atoms with Crippen LogP contribution in [0.25, 0.3) is 21.7 Å². The van der Waals surface area contributed by atoms with Crippen molar-refractivity contribution in [3.05, 3.63) is 35.1 Å². The van der Waals surface area contributed by atoms with Gasteiger partial charge in [-0.1, -0.05) is 4.49 Å². The lowest BCUT2D eigenvalue weighted by Gasteiger charge is -2.22. The Bertz CT molecular complexity index is 832. The Morgan fingerprint density at radius 1 is 1.24 bits per heavy atom. The molecule has 3 aromatic heterocycles.